The number of para-hydroxylation sites is 1. The predicted octanol–water partition coefficient (Wildman–Crippen LogP) is 3.93. The molecular weight excluding hydrogens is 424 g/mol. The lowest BCUT2D eigenvalue weighted by Crippen LogP contribution is -2.40. The second-order valence-electron chi connectivity index (χ2n) is 7.66. The number of rotatable bonds is 4. The van der Waals surface area contributed by atoms with Crippen molar-refractivity contribution < 1.29 is 9.53 Å². The Kier molecular flexibility index (Phi) is 5.50. The van der Waals surface area contributed by atoms with Crippen LogP contribution in [0.5, 0.6) is 0 Å². The van der Waals surface area contributed by atoms with Gasteiger partial charge < -0.3 is 9.64 Å². The molecule has 0 aliphatic carbocycles. The molecule has 4 aromatic rings. The van der Waals surface area contributed by atoms with E-state index in [0.717, 1.165) is 22.3 Å². The van der Waals surface area contributed by atoms with Gasteiger partial charge in [-0.2, -0.15) is 0 Å². The van der Waals surface area contributed by atoms with Crippen molar-refractivity contribution in [3.05, 3.63) is 70.6 Å². The van der Waals surface area contributed by atoms with Crippen LogP contribution in [0.15, 0.2) is 48.0 Å². The number of nitrogens with zero attached hydrogens (tertiary/aromatic N) is 5. The molecule has 0 bridgehead atoms. The van der Waals surface area contributed by atoms with E-state index in [1.54, 1.807) is 6.20 Å². The molecule has 1 unspecified atom stereocenters. The summed E-state index contributed by atoms with van der Waals surface area (Å²) in [5.41, 5.74) is 3.87. The van der Waals surface area contributed by atoms with Crippen molar-refractivity contribution in [2.45, 2.75) is 20.0 Å². The van der Waals surface area contributed by atoms with Crippen molar-refractivity contribution in [2.24, 2.45) is 0 Å². The Morgan fingerprint density at radius 1 is 1.16 bits per heavy atom. The predicted molar refractivity (Wildman–Crippen MR) is 124 cm³/mol. The molecule has 1 aromatic carbocycles. The van der Waals surface area contributed by atoms with Gasteiger partial charge in [0.25, 0.3) is 5.91 Å². The molecule has 1 saturated heterocycles. The van der Waals surface area contributed by atoms with Gasteiger partial charge in [0.2, 0.25) is 5.95 Å². The summed E-state index contributed by atoms with van der Waals surface area (Å²) in [6.45, 7) is 5.71. The molecular formula is C23H22N6O2S. The Bertz CT molecular complexity index is 1260. The number of nitrogens with one attached hydrogen (secondary N) is 1. The molecule has 0 spiro atoms. The van der Waals surface area contributed by atoms with Crippen molar-refractivity contribution in [2.75, 3.05) is 29.9 Å². The number of morpholine rings is 1. The summed E-state index contributed by atoms with van der Waals surface area (Å²) in [6.07, 6.45) is 1.36. The maximum atomic E-state index is 13.1. The summed E-state index contributed by atoms with van der Waals surface area (Å²) in [7, 11) is 0. The van der Waals surface area contributed by atoms with Crippen molar-refractivity contribution in [3.8, 4) is 0 Å². The van der Waals surface area contributed by atoms with E-state index < -0.39 is 0 Å². The monoisotopic (exact) mass is 446 g/mol. The zero-order valence-electron chi connectivity index (χ0n) is 17.8. The van der Waals surface area contributed by atoms with Crippen LogP contribution in [0.2, 0.25) is 0 Å². The molecule has 4 heterocycles. The van der Waals surface area contributed by atoms with Gasteiger partial charge in [-0.1, -0.05) is 18.2 Å². The van der Waals surface area contributed by atoms with Crippen LogP contribution in [0.1, 0.15) is 33.5 Å². The summed E-state index contributed by atoms with van der Waals surface area (Å²) >= 11 is 1.38. The molecule has 0 saturated carbocycles. The van der Waals surface area contributed by atoms with Gasteiger partial charge >= 0.3 is 0 Å². The summed E-state index contributed by atoms with van der Waals surface area (Å²) in [4.78, 5) is 33.3. The van der Waals surface area contributed by atoms with Crippen LogP contribution in [0.4, 0.5) is 11.1 Å². The lowest BCUT2D eigenvalue weighted by molar-refractivity contribution is 0.0366. The molecule has 1 amide bonds. The highest BCUT2D eigenvalue weighted by Gasteiger charge is 2.27. The molecule has 32 heavy (non-hydrogen) atoms. The van der Waals surface area contributed by atoms with Gasteiger partial charge in [-0.05, 0) is 32.0 Å². The third kappa shape index (κ3) is 4.17. The summed E-state index contributed by atoms with van der Waals surface area (Å²) in [5.74, 6) is 0.475. The Morgan fingerprint density at radius 2 is 1.97 bits per heavy atom. The first kappa shape index (κ1) is 20.5. The van der Waals surface area contributed by atoms with Gasteiger partial charge in [-0.25, -0.2) is 19.9 Å². The van der Waals surface area contributed by atoms with Gasteiger partial charge in [0, 0.05) is 34.9 Å². The van der Waals surface area contributed by atoms with Gasteiger partial charge in [-0.3, -0.25) is 10.1 Å². The molecule has 5 rings (SSSR count). The van der Waals surface area contributed by atoms with Crippen LogP contribution >= 0.6 is 11.3 Å². The number of aryl methyl sites for hydroxylation is 2. The second kappa shape index (κ2) is 8.60. The summed E-state index contributed by atoms with van der Waals surface area (Å²) < 4.78 is 6.06. The molecule has 0 radical (unpaired) electrons. The number of carbonyl (C=O) groups excluding carboxylic acids is 1. The minimum absolute atomic E-state index is 0.217. The average molecular weight is 447 g/mol. The van der Waals surface area contributed by atoms with E-state index >= 15 is 0 Å². The van der Waals surface area contributed by atoms with E-state index in [9.17, 15) is 4.79 Å². The van der Waals surface area contributed by atoms with Crippen molar-refractivity contribution in [1.82, 2.24) is 19.9 Å². The van der Waals surface area contributed by atoms with Crippen LogP contribution < -0.4 is 10.2 Å². The first-order chi connectivity index (χ1) is 15.6. The Balaban J connectivity index is 1.48. The van der Waals surface area contributed by atoms with E-state index in [1.165, 1.54) is 11.3 Å². The molecule has 9 heteroatoms. The smallest absolute Gasteiger partial charge is 0.258 e. The topological polar surface area (TPSA) is 93.1 Å². The van der Waals surface area contributed by atoms with Gasteiger partial charge in [0.15, 0.2) is 5.13 Å². The second-order valence-corrected chi connectivity index (χ2v) is 8.55. The van der Waals surface area contributed by atoms with E-state index in [0.29, 0.717) is 42.0 Å². The van der Waals surface area contributed by atoms with Crippen LogP contribution in [0.25, 0.3) is 10.9 Å². The molecule has 162 valence electrons. The number of carbonyl (C=O) groups is 1. The largest absolute Gasteiger partial charge is 0.368 e. The lowest BCUT2D eigenvalue weighted by atomic mass is 10.0. The van der Waals surface area contributed by atoms with Gasteiger partial charge in [0.05, 0.1) is 29.9 Å². The summed E-state index contributed by atoms with van der Waals surface area (Å²) in [6, 6.07) is 11.4. The fraction of sp³-hybridized carbons (Fsp3) is 0.261. The highest BCUT2D eigenvalue weighted by molar-refractivity contribution is 7.13. The maximum absolute atomic E-state index is 13.1. The zero-order valence-corrected chi connectivity index (χ0v) is 18.6. The molecule has 1 fully saturated rings. The number of thiazole rings is 1. The standard InChI is InChI=1S/C23H22N6O2S/c1-14-11-15(2)26-22(25-14)29-8-9-31-20(13-29)19-12-17(16-5-3-4-6-18(16)27-19)21(30)28-23-24-7-10-32-23/h3-7,10-12,20H,8-9,13H2,1-2H3,(H,24,28,30). The van der Waals surface area contributed by atoms with Gasteiger partial charge in [-0.15, -0.1) is 11.3 Å². The van der Waals surface area contributed by atoms with Crippen molar-refractivity contribution in [3.63, 3.8) is 0 Å². The third-order valence-electron chi connectivity index (χ3n) is 5.28. The van der Waals surface area contributed by atoms with Crippen LogP contribution in [-0.4, -0.2) is 45.5 Å². The highest BCUT2D eigenvalue weighted by Crippen LogP contribution is 2.28. The lowest BCUT2D eigenvalue weighted by Gasteiger charge is -2.33. The minimum Gasteiger partial charge on any atom is -0.368 e. The van der Waals surface area contributed by atoms with Crippen LogP contribution in [0, 0.1) is 13.8 Å². The molecule has 3 aromatic heterocycles. The highest BCUT2D eigenvalue weighted by atomic mass is 32.1. The number of hydrogen-bond donors (Lipinski definition) is 1. The third-order valence-corrected chi connectivity index (χ3v) is 5.97. The Hall–Kier alpha value is -3.43. The number of ether oxygens (including phenoxy) is 1. The first-order valence-electron chi connectivity index (χ1n) is 10.4. The SMILES string of the molecule is Cc1cc(C)nc(N2CCOC(c3cc(C(=O)Nc4nccs4)c4ccccc4n3)C2)n1. The maximum Gasteiger partial charge on any atom is 0.258 e. The number of fused-ring (bicyclic) bond motifs is 1. The molecule has 1 aliphatic rings. The molecule has 8 nitrogen and oxygen atoms in total. The first-order valence-corrected chi connectivity index (χ1v) is 11.2. The number of anilines is 2. The quantitative estimate of drug-likeness (QED) is 0.508. The van der Waals surface area contributed by atoms with Crippen LogP contribution in [-0.2, 0) is 4.74 Å². The fourth-order valence-corrected chi connectivity index (χ4v) is 4.38. The average Bonchev–Trinajstić information content (AvgIpc) is 3.31. The molecule has 1 aliphatic heterocycles. The normalized spacial score (nSPS) is 16.3. The van der Waals surface area contributed by atoms with Crippen molar-refractivity contribution in [1.29, 1.82) is 0 Å². The zero-order chi connectivity index (χ0) is 22.1. The van der Waals surface area contributed by atoms with E-state index in [-0.39, 0.29) is 12.0 Å². The Labute approximate surface area is 189 Å². The number of pyridine rings is 1. The Morgan fingerprint density at radius 3 is 2.75 bits per heavy atom. The number of aromatic nitrogens is 4. The molecule has 1 atom stereocenters. The molecule has 1 N–H and O–H groups in total. The van der Waals surface area contributed by atoms with Crippen molar-refractivity contribution >= 4 is 39.2 Å². The van der Waals surface area contributed by atoms with E-state index in [1.807, 2.05) is 55.6 Å². The number of amides is 1. The van der Waals surface area contributed by atoms with E-state index in [4.69, 9.17) is 9.72 Å². The number of benzene rings is 1. The summed E-state index contributed by atoms with van der Waals surface area (Å²) in [5, 5.41) is 6.05. The van der Waals surface area contributed by atoms with E-state index in [2.05, 4.69) is 25.2 Å². The minimum atomic E-state index is -0.302. The van der Waals surface area contributed by atoms with Crippen LogP contribution in [0.3, 0.4) is 0 Å². The van der Waals surface area contributed by atoms with Gasteiger partial charge in [0.1, 0.15) is 6.10 Å². The number of hydrogen-bond acceptors (Lipinski definition) is 8. The fourth-order valence-electron chi connectivity index (χ4n) is 3.86.